The number of carbonyl (C=O) groups is 2. The van der Waals surface area contributed by atoms with E-state index in [0.717, 1.165) is 12.8 Å². The van der Waals surface area contributed by atoms with Crippen molar-refractivity contribution in [1.29, 1.82) is 0 Å². The molecule has 4 rings (SSSR count). The SMILES string of the molecule is Cc1noc(C)c1S(=O)(=O)Nc1ccc2c(c1)C(=O)N([C@H](C)CO)C[C@H](C)[C@@H](CN(C)C(=O)c1ccccc1)OCCCC[C@H](C)O2. The minimum Gasteiger partial charge on any atom is -0.490 e. The van der Waals surface area contributed by atoms with Crippen molar-refractivity contribution in [2.24, 2.45) is 5.92 Å². The molecular weight excluding hydrogens is 624 g/mol. The number of ether oxygens (including phenoxy) is 2. The van der Waals surface area contributed by atoms with Crippen LogP contribution in [0.15, 0.2) is 57.9 Å². The van der Waals surface area contributed by atoms with Crippen molar-refractivity contribution in [3.63, 3.8) is 0 Å². The summed E-state index contributed by atoms with van der Waals surface area (Å²) in [7, 11) is -2.35. The second-order valence-electron chi connectivity index (χ2n) is 12.3. The van der Waals surface area contributed by atoms with E-state index in [1.54, 1.807) is 48.0 Å². The molecule has 0 unspecified atom stereocenters. The number of rotatable bonds is 8. The van der Waals surface area contributed by atoms with Crippen molar-refractivity contribution in [3.05, 3.63) is 71.1 Å². The van der Waals surface area contributed by atoms with E-state index in [0.29, 0.717) is 30.9 Å². The maximum absolute atomic E-state index is 14.4. The number of sulfonamides is 1. The van der Waals surface area contributed by atoms with E-state index < -0.39 is 28.1 Å². The Morgan fingerprint density at radius 3 is 2.53 bits per heavy atom. The molecule has 13 heteroatoms. The Hall–Kier alpha value is -3.94. The molecule has 0 saturated carbocycles. The van der Waals surface area contributed by atoms with Crippen LogP contribution in [-0.4, -0.2) is 91.9 Å². The third-order valence-corrected chi connectivity index (χ3v) is 9.99. The number of aliphatic hydroxyl groups is 1. The number of amides is 2. The Labute approximate surface area is 277 Å². The number of nitrogens with zero attached hydrogens (tertiary/aromatic N) is 3. The number of nitrogens with one attached hydrogen (secondary N) is 1. The van der Waals surface area contributed by atoms with Gasteiger partial charge in [-0.3, -0.25) is 14.3 Å². The van der Waals surface area contributed by atoms with Crippen LogP contribution in [0.2, 0.25) is 0 Å². The lowest BCUT2D eigenvalue weighted by Crippen LogP contribution is -2.48. The number of aliphatic hydroxyl groups excluding tert-OH is 1. The van der Waals surface area contributed by atoms with E-state index in [1.165, 1.54) is 19.9 Å². The molecule has 1 aliphatic rings. The predicted octanol–water partition coefficient (Wildman–Crippen LogP) is 4.66. The Morgan fingerprint density at radius 1 is 1.15 bits per heavy atom. The zero-order valence-corrected chi connectivity index (χ0v) is 28.7. The van der Waals surface area contributed by atoms with Crippen LogP contribution in [-0.2, 0) is 14.8 Å². The van der Waals surface area contributed by atoms with Crippen molar-refractivity contribution in [1.82, 2.24) is 15.0 Å². The summed E-state index contributed by atoms with van der Waals surface area (Å²) in [6, 6.07) is 13.0. The van der Waals surface area contributed by atoms with Gasteiger partial charge < -0.3 is 28.9 Å². The molecule has 4 atom stereocenters. The number of aromatic nitrogens is 1. The molecule has 2 amide bonds. The fourth-order valence-electron chi connectivity index (χ4n) is 5.67. The molecule has 1 aliphatic heterocycles. The van der Waals surface area contributed by atoms with Crippen LogP contribution in [0.1, 0.15) is 72.2 Å². The van der Waals surface area contributed by atoms with Gasteiger partial charge in [-0.1, -0.05) is 30.3 Å². The average Bonchev–Trinajstić information content (AvgIpc) is 3.40. The first-order valence-corrected chi connectivity index (χ1v) is 17.4. The molecule has 0 bridgehead atoms. The molecule has 256 valence electrons. The first-order valence-electron chi connectivity index (χ1n) is 15.9. The largest absolute Gasteiger partial charge is 0.490 e. The lowest BCUT2D eigenvalue weighted by atomic mass is 10.0. The van der Waals surface area contributed by atoms with E-state index >= 15 is 0 Å². The van der Waals surface area contributed by atoms with E-state index in [4.69, 9.17) is 14.0 Å². The number of hydrogen-bond acceptors (Lipinski definition) is 9. The third-order valence-electron chi connectivity index (χ3n) is 8.36. The van der Waals surface area contributed by atoms with Gasteiger partial charge in [0.05, 0.1) is 30.4 Å². The second-order valence-corrected chi connectivity index (χ2v) is 13.9. The van der Waals surface area contributed by atoms with E-state index in [9.17, 15) is 23.1 Å². The molecule has 47 heavy (non-hydrogen) atoms. The summed E-state index contributed by atoms with van der Waals surface area (Å²) in [5.74, 6) is -0.367. The van der Waals surface area contributed by atoms with Crippen molar-refractivity contribution < 1.29 is 37.1 Å². The summed E-state index contributed by atoms with van der Waals surface area (Å²) >= 11 is 0. The summed E-state index contributed by atoms with van der Waals surface area (Å²) in [6.45, 7) is 9.32. The Morgan fingerprint density at radius 2 is 1.87 bits per heavy atom. The van der Waals surface area contributed by atoms with E-state index in [1.807, 2.05) is 32.0 Å². The first-order chi connectivity index (χ1) is 22.3. The van der Waals surface area contributed by atoms with Crippen molar-refractivity contribution in [3.8, 4) is 5.75 Å². The van der Waals surface area contributed by atoms with Crippen LogP contribution in [0.5, 0.6) is 5.75 Å². The molecule has 3 aromatic rings. The second kappa shape index (κ2) is 15.8. The highest BCUT2D eigenvalue weighted by atomic mass is 32.2. The van der Waals surface area contributed by atoms with Crippen molar-refractivity contribution in [2.75, 3.05) is 38.1 Å². The van der Waals surface area contributed by atoms with Gasteiger partial charge in [-0.15, -0.1) is 0 Å². The van der Waals surface area contributed by atoms with Gasteiger partial charge in [-0.2, -0.15) is 0 Å². The van der Waals surface area contributed by atoms with Gasteiger partial charge in [-0.25, -0.2) is 8.42 Å². The molecule has 12 nitrogen and oxygen atoms in total. The highest BCUT2D eigenvalue weighted by Gasteiger charge is 2.32. The molecule has 0 spiro atoms. The van der Waals surface area contributed by atoms with E-state index in [2.05, 4.69) is 9.88 Å². The smallest absolute Gasteiger partial charge is 0.267 e. The van der Waals surface area contributed by atoms with Crippen LogP contribution in [0.25, 0.3) is 0 Å². The Bertz CT molecular complexity index is 1610. The number of benzene rings is 2. The lowest BCUT2D eigenvalue weighted by Gasteiger charge is -2.36. The topological polar surface area (TPSA) is 152 Å². The molecule has 0 saturated heterocycles. The number of anilines is 1. The van der Waals surface area contributed by atoms with Gasteiger partial charge in [0.1, 0.15) is 11.4 Å². The zero-order valence-electron chi connectivity index (χ0n) is 27.9. The molecule has 2 aromatic carbocycles. The van der Waals surface area contributed by atoms with Crippen LogP contribution < -0.4 is 9.46 Å². The van der Waals surface area contributed by atoms with Gasteiger partial charge in [0.15, 0.2) is 10.7 Å². The Kier molecular flexibility index (Phi) is 12.0. The molecule has 0 radical (unpaired) electrons. The van der Waals surface area contributed by atoms with Crippen LogP contribution in [0.4, 0.5) is 5.69 Å². The third kappa shape index (κ3) is 8.91. The molecule has 0 fully saturated rings. The predicted molar refractivity (Wildman–Crippen MR) is 177 cm³/mol. The van der Waals surface area contributed by atoms with Crippen LogP contribution >= 0.6 is 0 Å². The molecule has 1 aromatic heterocycles. The fraction of sp³-hybridized carbons (Fsp3) is 0.500. The number of hydrogen-bond donors (Lipinski definition) is 2. The lowest BCUT2D eigenvalue weighted by molar-refractivity contribution is -0.0149. The zero-order chi connectivity index (χ0) is 34.3. The summed E-state index contributed by atoms with van der Waals surface area (Å²) < 4.78 is 46.8. The number of aryl methyl sites for hydroxylation is 2. The van der Waals surface area contributed by atoms with Gasteiger partial charge in [0.25, 0.3) is 21.8 Å². The number of likely N-dealkylation sites (N-methyl/N-ethyl adjacent to an activating group) is 1. The Balaban J connectivity index is 1.67. The van der Waals surface area contributed by atoms with Crippen molar-refractivity contribution >= 4 is 27.5 Å². The van der Waals surface area contributed by atoms with Gasteiger partial charge in [-0.05, 0) is 77.3 Å². The average molecular weight is 671 g/mol. The highest BCUT2D eigenvalue weighted by molar-refractivity contribution is 7.92. The highest BCUT2D eigenvalue weighted by Crippen LogP contribution is 2.30. The van der Waals surface area contributed by atoms with E-state index in [-0.39, 0.29) is 58.7 Å². The number of fused-ring (bicyclic) bond motifs is 1. The van der Waals surface area contributed by atoms with Gasteiger partial charge in [0.2, 0.25) is 0 Å². The molecule has 2 N–H and O–H groups in total. The quantitative estimate of drug-likeness (QED) is 0.349. The van der Waals surface area contributed by atoms with Crippen LogP contribution in [0.3, 0.4) is 0 Å². The number of carbonyl (C=O) groups excluding carboxylic acids is 2. The maximum atomic E-state index is 14.4. The maximum Gasteiger partial charge on any atom is 0.267 e. The fourth-order valence-corrected chi connectivity index (χ4v) is 7.05. The first kappa shape index (κ1) is 35.9. The summed E-state index contributed by atoms with van der Waals surface area (Å²) in [5, 5.41) is 14.0. The molecular formula is C34H46N4O8S. The van der Waals surface area contributed by atoms with Crippen molar-refractivity contribution in [2.45, 2.75) is 77.0 Å². The summed E-state index contributed by atoms with van der Waals surface area (Å²) in [6.07, 6.45) is 1.63. The molecule has 0 aliphatic carbocycles. The minimum absolute atomic E-state index is 0.0695. The summed E-state index contributed by atoms with van der Waals surface area (Å²) in [5.41, 5.74) is 1.09. The minimum atomic E-state index is -4.09. The summed E-state index contributed by atoms with van der Waals surface area (Å²) in [4.78, 5) is 30.6. The molecule has 2 heterocycles. The van der Waals surface area contributed by atoms with Gasteiger partial charge >= 0.3 is 0 Å². The monoisotopic (exact) mass is 670 g/mol. The van der Waals surface area contributed by atoms with Gasteiger partial charge in [0, 0.05) is 43.9 Å². The standard InChI is InChI=1S/C34H46N4O8S/c1-22-19-38(23(2)21-39)34(41)29-18-28(36-47(42,43)32-25(4)35-46-26(32)5)15-16-30(29)45-24(3)12-10-11-17-44-31(22)20-37(6)33(40)27-13-8-7-9-14-27/h7-9,13-16,18,22-24,31,36,39H,10-12,17,19-21H2,1-6H3/t22-,23+,24-,31+/m0/s1. The normalized spacial score (nSPS) is 20.4. The van der Waals surface area contributed by atoms with Crippen LogP contribution in [0, 0.1) is 19.8 Å².